The van der Waals surface area contributed by atoms with Crippen LogP contribution in [0.15, 0.2) is 36.8 Å². The van der Waals surface area contributed by atoms with E-state index >= 15 is 0 Å². The van der Waals surface area contributed by atoms with E-state index in [4.69, 9.17) is 0 Å². The molecule has 0 spiro atoms. The molecule has 0 saturated carbocycles. The molecule has 110 valence electrons. The number of fused-ring (bicyclic) bond motifs is 2. The van der Waals surface area contributed by atoms with Crippen molar-refractivity contribution in [2.75, 3.05) is 5.32 Å². The first-order valence-corrected chi connectivity index (χ1v) is 7.38. The number of carbonyl (C=O) groups excluding carboxylic acids is 1. The molecule has 0 radical (unpaired) electrons. The summed E-state index contributed by atoms with van der Waals surface area (Å²) in [7, 11) is 0. The number of aryl methyl sites for hydroxylation is 1. The van der Waals surface area contributed by atoms with Gasteiger partial charge in [-0.1, -0.05) is 6.07 Å². The summed E-state index contributed by atoms with van der Waals surface area (Å²) in [4.78, 5) is 25.5. The number of nitrogens with zero attached hydrogens (tertiary/aromatic N) is 4. The molecule has 4 rings (SSSR count). The van der Waals surface area contributed by atoms with Crippen LogP contribution in [0.2, 0.25) is 0 Å². The number of para-hydroxylation sites is 1. The van der Waals surface area contributed by atoms with E-state index in [0.717, 1.165) is 37.4 Å². The number of aromatic nitrogens is 4. The van der Waals surface area contributed by atoms with Crippen LogP contribution in [-0.2, 0) is 13.0 Å². The minimum atomic E-state index is -0.181. The molecule has 0 atom stereocenters. The van der Waals surface area contributed by atoms with E-state index < -0.39 is 0 Å². The maximum Gasteiger partial charge on any atom is 0.259 e. The van der Waals surface area contributed by atoms with Gasteiger partial charge in [-0.05, 0) is 25.0 Å². The number of hydrogen-bond acceptors (Lipinski definition) is 4. The number of imidazole rings is 1. The molecule has 6 heteroatoms. The molecule has 0 saturated heterocycles. The van der Waals surface area contributed by atoms with Crippen molar-refractivity contribution in [1.29, 1.82) is 0 Å². The zero-order valence-electron chi connectivity index (χ0n) is 12.0. The van der Waals surface area contributed by atoms with Crippen molar-refractivity contribution in [3.63, 3.8) is 0 Å². The molecule has 6 nitrogen and oxygen atoms in total. The summed E-state index contributed by atoms with van der Waals surface area (Å²) < 4.78 is 2.08. The van der Waals surface area contributed by atoms with E-state index in [9.17, 15) is 4.79 Å². The summed E-state index contributed by atoms with van der Waals surface area (Å²) in [5.41, 5.74) is 1.85. The van der Waals surface area contributed by atoms with E-state index in [2.05, 4.69) is 24.8 Å². The first-order valence-electron chi connectivity index (χ1n) is 7.38. The van der Waals surface area contributed by atoms with Gasteiger partial charge in [0, 0.05) is 25.4 Å². The zero-order valence-corrected chi connectivity index (χ0v) is 12.0. The summed E-state index contributed by atoms with van der Waals surface area (Å²) in [5.74, 6) is 1.61. The highest BCUT2D eigenvalue weighted by Gasteiger charge is 2.17. The molecule has 1 aromatic carbocycles. The summed E-state index contributed by atoms with van der Waals surface area (Å²) in [6.45, 7) is 0.903. The molecule has 1 aliphatic heterocycles. The molecule has 3 heterocycles. The van der Waals surface area contributed by atoms with Crippen molar-refractivity contribution in [3.05, 3.63) is 48.2 Å². The Labute approximate surface area is 127 Å². The topological polar surface area (TPSA) is 72.7 Å². The number of carbonyl (C=O) groups is 1. The zero-order chi connectivity index (χ0) is 14.9. The minimum Gasteiger partial charge on any atom is -0.315 e. The average molecular weight is 293 g/mol. The van der Waals surface area contributed by atoms with Gasteiger partial charge < -0.3 is 9.88 Å². The third-order valence-corrected chi connectivity index (χ3v) is 3.96. The highest BCUT2D eigenvalue weighted by atomic mass is 16.1. The van der Waals surface area contributed by atoms with Gasteiger partial charge >= 0.3 is 0 Å². The summed E-state index contributed by atoms with van der Waals surface area (Å²) >= 11 is 0. The van der Waals surface area contributed by atoms with Gasteiger partial charge in [-0.3, -0.25) is 14.8 Å². The monoisotopic (exact) mass is 293 g/mol. The van der Waals surface area contributed by atoms with Gasteiger partial charge in [0.1, 0.15) is 17.2 Å². The van der Waals surface area contributed by atoms with Crippen LogP contribution < -0.4 is 5.32 Å². The number of nitrogens with one attached hydrogen (secondary N) is 1. The number of anilines is 1. The van der Waals surface area contributed by atoms with Crippen molar-refractivity contribution in [2.45, 2.75) is 25.8 Å². The fourth-order valence-corrected chi connectivity index (χ4v) is 2.88. The Morgan fingerprint density at radius 2 is 2.05 bits per heavy atom. The smallest absolute Gasteiger partial charge is 0.259 e. The van der Waals surface area contributed by atoms with Gasteiger partial charge in [0.25, 0.3) is 5.91 Å². The van der Waals surface area contributed by atoms with Crippen molar-refractivity contribution in [2.24, 2.45) is 0 Å². The lowest BCUT2D eigenvalue weighted by Crippen LogP contribution is -2.18. The molecule has 0 aliphatic carbocycles. The largest absolute Gasteiger partial charge is 0.315 e. The normalized spacial score (nSPS) is 13.8. The molecule has 3 aromatic rings. The fourth-order valence-electron chi connectivity index (χ4n) is 2.88. The van der Waals surface area contributed by atoms with Gasteiger partial charge in [0.05, 0.1) is 17.3 Å². The van der Waals surface area contributed by atoms with Crippen LogP contribution in [0.25, 0.3) is 11.0 Å². The molecule has 0 unspecified atom stereocenters. The highest BCUT2D eigenvalue weighted by Crippen LogP contribution is 2.21. The van der Waals surface area contributed by atoms with Crippen molar-refractivity contribution < 1.29 is 4.79 Å². The third-order valence-electron chi connectivity index (χ3n) is 3.96. The molecule has 1 amide bonds. The van der Waals surface area contributed by atoms with Crippen LogP contribution in [-0.4, -0.2) is 25.4 Å². The van der Waals surface area contributed by atoms with Gasteiger partial charge in [-0.2, -0.15) is 0 Å². The number of benzene rings is 1. The molecular formula is C16H15N5O. The first-order chi connectivity index (χ1) is 10.8. The molecule has 1 aliphatic rings. The Bertz CT molecular complexity index is 849. The van der Waals surface area contributed by atoms with Crippen molar-refractivity contribution in [1.82, 2.24) is 19.5 Å². The molecular weight excluding hydrogens is 278 g/mol. The number of hydrogen-bond donors (Lipinski definition) is 1. The average Bonchev–Trinajstić information content (AvgIpc) is 2.97. The van der Waals surface area contributed by atoms with Crippen LogP contribution in [0.5, 0.6) is 0 Å². The van der Waals surface area contributed by atoms with Crippen LogP contribution in [0.3, 0.4) is 0 Å². The maximum atomic E-state index is 12.6. The lowest BCUT2D eigenvalue weighted by atomic mass is 10.1. The molecule has 2 aromatic heterocycles. The van der Waals surface area contributed by atoms with Crippen LogP contribution in [0.4, 0.5) is 5.82 Å². The molecule has 1 N–H and O–H groups in total. The van der Waals surface area contributed by atoms with E-state index in [1.807, 2.05) is 12.1 Å². The van der Waals surface area contributed by atoms with Crippen molar-refractivity contribution >= 4 is 22.8 Å². The van der Waals surface area contributed by atoms with E-state index in [1.54, 1.807) is 24.7 Å². The molecule has 0 fully saturated rings. The van der Waals surface area contributed by atoms with E-state index in [1.165, 1.54) is 0 Å². The standard InChI is InChI=1S/C16H15N5O/c22-16(11-4-3-5-12-15(11)18-8-7-17-12)20-14-10-19-13-6-1-2-9-21(13)14/h3-5,7-8,10H,1-2,6,9H2,(H,20,22). The second-order valence-electron chi connectivity index (χ2n) is 5.35. The second-order valence-corrected chi connectivity index (χ2v) is 5.35. The van der Waals surface area contributed by atoms with Gasteiger partial charge in [0.2, 0.25) is 0 Å². The summed E-state index contributed by atoms with van der Waals surface area (Å²) in [6, 6.07) is 5.43. The quantitative estimate of drug-likeness (QED) is 0.787. The Balaban J connectivity index is 1.68. The highest BCUT2D eigenvalue weighted by molar-refractivity contribution is 6.11. The second kappa shape index (κ2) is 5.22. The molecule has 0 bridgehead atoms. The van der Waals surface area contributed by atoms with Crippen LogP contribution >= 0.6 is 0 Å². The minimum absolute atomic E-state index is 0.181. The Kier molecular flexibility index (Phi) is 3.07. The van der Waals surface area contributed by atoms with E-state index in [0.29, 0.717) is 16.6 Å². The third kappa shape index (κ3) is 2.13. The van der Waals surface area contributed by atoms with Crippen LogP contribution in [0.1, 0.15) is 29.0 Å². The lowest BCUT2D eigenvalue weighted by molar-refractivity contribution is 0.102. The number of rotatable bonds is 2. The molecule has 22 heavy (non-hydrogen) atoms. The van der Waals surface area contributed by atoms with Gasteiger partial charge in [-0.15, -0.1) is 0 Å². The predicted molar refractivity (Wildman–Crippen MR) is 82.7 cm³/mol. The fraction of sp³-hybridized carbons (Fsp3) is 0.250. The number of amides is 1. The maximum absolute atomic E-state index is 12.6. The summed E-state index contributed by atoms with van der Waals surface area (Å²) in [5, 5.41) is 2.95. The van der Waals surface area contributed by atoms with E-state index in [-0.39, 0.29) is 5.91 Å². The van der Waals surface area contributed by atoms with Gasteiger partial charge in [-0.25, -0.2) is 4.98 Å². The first kappa shape index (κ1) is 12.9. The Morgan fingerprint density at radius 1 is 1.14 bits per heavy atom. The predicted octanol–water partition coefficient (Wildman–Crippen LogP) is 2.41. The van der Waals surface area contributed by atoms with Gasteiger partial charge in [0.15, 0.2) is 0 Å². The summed E-state index contributed by atoms with van der Waals surface area (Å²) in [6.07, 6.45) is 8.19. The van der Waals surface area contributed by atoms with Crippen molar-refractivity contribution in [3.8, 4) is 0 Å². The lowest BCUT2D eigenvalue weighted by Gasteiger charge is -2.16. The Morgan fingerprint density at radius 3 is 3.00 bits per heavy atom. The Hall–Kier alpha value is -2.76. The van der Waals surface area contributed by atoms with Crippen LogP contribution in [0, 0.1) is 0 Å². The SMILES string of the molecule is O=C(Nc1cnc2n1CCCC2)c1cccc2nccnc12.